The van der Waals surface area contributed by atoms with Gasteiger partial charge in [-0.05, 0) is 42.0 Å². The lowest BCUT2D eigenvalue weighted by Gasteiger charge is -2.18. The number of aromatic nitrogens is 2. The van der Waals surface area contributed by atoms with Crippen molar-refractivity contribution in [3.05, 3.63) is 71.0 Å². The summed E-state index contributed by atoms with van der Waals surface area (Å²) in [5, 5.41) is 4.18. The van der Waals surface area contributed by atoms with Crippen LogP contribution in [0.5, 0.6) is 0 Å². The first kappa shape index (κ1) is 20.3. The zero-order valence-electron chi connectivity index (χ0n) is 18.2. The van der Waals surface area contributed by atoms with E-state index in [1.54, 1.807) is 0 Å². The van der Waals surface area contributed by atoms with Gasteiger partial charge in [-0.25, -0.2) is 0 Å². The number of rotatable bonds is 5. The first-order valence-corrected chi connectivity index (χ1v) is 10.6. The van der Waals surface area contributed by atoms with Gasteiger partial charge in [-0.1, -0.05) is 67.9 Å². The number of carbonyl (C=O) groups excluding carboxylic acids is 1. The lowest BCUT2D eigenvalue weighted by atomic mass is 9.87. The van der Waals surface area contributed by atoms with Crippen molar-refractivity contribution in [2.45, 2.75) is 51.9 Å². The highest BCUT2D eigenvalue weighted by atomic mass is 16.5. The molecular formula is C25H29N3O2. The van der Waals surface area contributed by atoms with Crippen LogP contribution in [0.3, 0.4) is 0 Å². The molecule has 2 heterocycles. The van der Waals surface area contributed by atoms with E-state index in [1.165, 1.54) is 16.7 Å². The number of hydrogen-bond donors (Lipinski definition) is 0. The first-order chi connectivity index (χ1) is 14.3. The molecule has 0 radical (unpaired) electrons. The highest BCUT2D eigenvalue weighted by Gasteiger charge is 2.33. The monoisotopic (exact) mass is 403 g/mol. The van der Waals surface area contributed by atoms with E-state index < -0.39 is 0 Å². The number of likely N-dealkylation sites (tertiary alicyclic amines) is 1. The molecular weight excluding hydrogens is 374 g/mol. The SMILES string of the molecule is Cc1ccc(CCN2CC(c3noc(-c4ccc(C(C)(C)C)cc4)n3)CC2=O)cc1. The third-order valence-electron chi connectivity index (χ3n) is 5.81. The second-order valence-corrected chi connectivity index (χ2v) is 9.26. The van der Waals surface area contributed by atoms with Gasteiger partial charge in [0.05, 0.1) is 0 Å². The predicted molar refractivity (Wildman–Crippen MR) is 117 cm³/mol. The number of amides is 1. The van der Waals surface area contributed by atoms with E-state index in [2.05, 4.69) is 74.2 Å². The highest BCUT2D eigenvalue weighted by molar-refractivity contribution is 5.79. The summed E-state index contributed by atoms with van der Waals surface area (Å²) in [6.45, 7) is 10.0. The van der Waals surface area contributed by atoms with Crippen LogP contribution in [-0.2, 0) is 16.6 Å². The molecule has 1 unspecified atom stereocenters. The molecule has 2 aromatic carbocycles. The molecule has 0 aliphatic carbocycles. The Balaban J connectivity index is 1.40. The van der Waals surface area contributed by atoms with E-state index in [-0.39, 0.29) is 17.2 Å². The van der Waals surface area contributed by atoms with Crippen LogP contribution >= 0.6 is 0 Å². The molecule has 156 valence electrons. The molecule has 1 fully saturated rings. The second-order valence-electron chi connectivity index (χ2n) is 9.26. The van der Waals surface area contributed by atoms with Crippen molar-refractivity contribution >= 4 is 5.91 Å². The minimum Gasteiger partial charge on any atom is -0.342 e. The maximum Gasteiger partial charge on any atom is 0.257 e. The fourth-order valence-corrected chi connectivity index (χ4v) is 3.81. The molecule has 0 saturated carbocycles. The summed E-state index contributed by atoms with van der Waals surface area (Å²) in [6.07, 6.45) is 1.30. The molecule has 3 aromatic rings. The lowest BCUT2D eigenvalue weighted by molar-refractivity contribution is -0.127. The molecule has 0 spiro atoms. The number of aryl methyl sites for hydroxylation is 1. The molecule has 1 aliphatic heterocycles. The molecule has 1 saturated heterocycles. The van der Waals surface area contributed by atoms with Gasteiger partial charge in [-0.2, -0.15) is 4.98 Å². The molecule has 0 N–H and O–H groups in total. The Labute approximate surface area is 178 Å². The standard InChI is InChI=1S/C25H29N3O2/c1-17-5-7-18(8-6-17)13-14-28-16-20(15-22(28)29)23-26-24(30-27-23)19-9-11-21(12-10-19)25(2,3)4/h5-12,20H,13-16H2,1-4H3. The van der Waals surface area contributed by atoms with Crippen LogP contribution in [0.2, 0.25) is 0 Å². The minimum absolute atomic E-state index is 0.0122. The maximum absolute atomic E-state index is 12.5. The predicted octanol–water partition coefficient (Wildman–Crippen LogP) is 4.90. The van der Waals surface area contributed by atoms with Crippen molar-refractivity contribution in [2.75, 3.05) is 13.1 Å². The molecule has 1 atom stereocenters. The minimum atomic E-state index is -0.0122. The van der Waals surface area contributed by atoms with Gasteiger partial charge in [-0.3, -0.25) is 4.79 Å². The van der Waals surface area contributed by atoms with Crippen molar-refractivity contribution in [1.82, 2.24) is 15.0 Å². The van der Waals surface area contributed by atoms with Gasteiger partial charge >= 0.3 is 0 Å². The molecule has 5 nitrogen and oxygen atoms in total. The number of hydrogen-bond acceptors (Lipinski definition) is 4. The van der Waals surface area contributed by atoms with Gasteiger partial charge in [0.1, 0.15) is 0 Å². The quantitative estimate of drug-likeness (QED) is 0.608. The largest absolute Gasteiger partial charge is 0.342 e. The Bertz CT molecular complexity index is 1010. The van der Waals surface area contributed by atoms with Crippen molar-refractivity contribution in [3.8, 4) is 11.5 Å². The van der Waals surface area contributed by atoms with Crippen molar-refractivity contribution < 1.29 is 9.32 Å². The number of nitrogens with zero attached hydrogens (tertiary/aromatic N) is 3. The Hall–Kier alpha value is -2.95. The summed E-state index contributed by atoms with van der Waals surface area (Å²) in [5.41, 5.74) is 4.76. The van der Waals surface area contributed by atoms with Crippen LogP contribution in [0.1, 0.15) is 55.6 Å². The van der Waals surface area contributed by atoms with Gasteiger partial charge < -0.3 is 9.42 Å². The van der Waals surface area contributed by atoms with E-state index in [4.69, 9.17) is 4.52 Å². The van der Waals surface area contributed by atoms with Gasteiger partial charge in [0.2, 0.25) is 5.91 Å². The Morgan fingerprint density at radius 2 is 1.77 bits per heavy atom. The summed E-state index contributed by atoms with van der Waals surface area (Å²) in [7, 11) is 0. The molecule has 1 aromatic heterocycles. The van der Waals surface area contributed by atoms with Crippen LogP contribution in [0.15, 0.2) is 53.1 Å². The average molecular weight is 404 g/mol. The highest BCUT2D eigenvalue weighted by Crippen LogP contribution is 2.29. The van der Waals surface area contributed by atoms with Crippen LogP contribution in [0.25, 0.3) is 11.5 Å². The molecule has 1 aliphatic rings. The number of benzene rings is 2. The number of carbonyl (C=O) groups is 1. The van der Waals surface area contributed by atoms with E-state index in [0.717, 1.165) is 18.5 Å². The summed E-state index contributed by atoms with van der Waals surface area (Å²) < 4.78 is 5.51. The first-order valence-electron chi connectivity index (χ1n) is 10.6. The van der Waals surface area contributed by atoms with Crippen molar-refractivity contribution in [3.63, 3.8) is 0 Å². The average Bonchev–Trinajstić information content (AvgIpc) is 3.34. The fourth-order valence-electron chi connectivity index (χ4n) is 3.81. The summed E-state index contributed by atoms with van der Waals surface area (Å²) >= 11 is 0. The Kier molecular flexibility index (Phi) is 5.46. The molecule has 5 heteroatoms. The summed E-state index contributed by atoms with van der Waals surface area (Å²) in [4.78, 5) is 19.0. The molecule has 30 heavy (non-hydrogen) atoms. The Morgan fingerprint density at radius 3 is 2.43 bits per heavy atom. The summed E-state index contributed by atoms with van der Waals surface area (Å²) in [5.74, 6) is 1.28. The third kappa shape index (κ3) is 4.45. The normalized spacial score (nSPS) is 17.0. The van der Waals surface area contributed by atoms with Gasteiger partial charge in [-0.15, -0.1) is 0 Å². The van der Waals surface area contributed by atoms with Crippen LogP contribution in [-0.4, -0.2) is 34.0 Å². The van der Waals surface area contributed by atoms with Crippen LogP contribution in [0, 0.1) is 6.92 Å². The molecule has 1 amide bonds. The smallest absolute Gasteiger partial charge is 0.257 e. The topological polar surface area (TPSA) is 59.2 Å². The van der Waals surface area contributed by atoms with Crippen LogP contribution in [0.4, 0.5) is 0 Å². The van der Waals surface area contributed by atoms with Gasteiger partial charge in [0, 0.05) is 31.0 Å². The van der Waals surface area contributed by atoms with E-state index in [9.17, 15) is 4.79 Å². The van der Waals surface area contributed by atoms with E-state index >= 15 is 0 Å². The van der Waals surface area contributed by atoms with E-state index in [1.807, 2.05) is 17.0 Å². The second kappa shape index (κ2) is 8.05. The maximum atomic E-state index is 12.5. The Morgan fingerprint density at radius 1 is 1.07 bits per heavy atom. The van der Waals surface area contributed by atoms with Crippen LogP contribution < -0.4 is 0 Å². The fraction of sp³-hybridized carbons (Fsp3) is 0.400. The lowest BCUT2D eigenvalue weighted by Crippen LogP contribution is -2.27. The van der Waals surface area contributed by atoms with Crippen molar-refractivity contribution in [1.29, 1.82) is 0 Å². The zero-order chi connectivity index (χ0) is 21.3. The summed E-state index contributed by atoms with van der Waals surface area (Å²) in [6, 6.07) is 16.7. The van der Waals surface area contributed by atoms with Gasteiger partial charge in [0.15, 0.2) is 5.82 Å². The van der Waals surface area contributed by atoms with Gasteiger partial charge in [0.25, 0.3) is 5.89 Å². The zero-order valence-corrected chi connectivity index (χ0v) is 18.2. The third-order valence-corrected chi connectivity index (χ3v) is 5.81. The molecule has 4 rings (SSSR count). The van der Waals surface area contributed by atoms with Crippen molar-refractivity contribution in [2.24, 2.45) is 0 Å². The molecule has 0 bridgehead atoms. The van der Waals surface area contributed by atoms with E-state index in [0.29, 0.717) is 24.7 Å².